The van der Waals surface area contributed by atoms with E-state index in [2.05, 4.69) is 10.6 Å². The maximum atomic E-state index is 13.3. The lowest BCUT2D eigenvalue weighted by Crippen LogP contribution is -2.40. The van der Waals surface area contributed by atoms with Gasteiger partial charge in [-0.25, -0.2) is 8.42 Å². The molecule has 11 heteroatoms. The first-order valence-corrected chi connectivity index (χ1v) is 13.3. The van der Waals surface area contributed by atoms with Crippen molar-refractivity contribution in [2.24, 2.45) is 0 Å². The normalized spacial score (nSPS) is 14.0. The first kappa shape index (κ1) is 27.1. The maximum Gasteiger partial charge on any atom is 0.256 e. The van der Waals surface area contributed by atoms with Gasteiger partial charge in [-0.2, -0.15) is 4.31 Å². The van der Waals surface area contributed by atoms with Crippen LogP contribution in [0.1, 0.15) is 26.3 Å². The number of nitrogens with one attached hydrogen (secondary N) is 2. The Morgan fingerprint density at radius 2 is 1.42 bits per heavy atom. The number of amides is 2. The van der Waals surface area contributed by atoms with Crippen molar-refractivity contribution in [3.8, 4) is 11.5 Å². The summed E-state index contributed by atoms with van der Waals surface area (Å²) in [6.07, 6.45) is 0. The van der Waals surface area contributed by atoms with E-state index in [1.165, 1.54) is 36.7 Å². The lowest BCUT2D eigenvalue weighted by Gasteiger charge is -2.26. The van der Waals surface area contributed by atoms with Crippen LogP contribution in [0.5, 0.6) is 11.5 Å². The third-order valence-electron chi connectivity index (χ3n) is 6.12. The lowest BCUT2D eigenvalue weighted by molar-refractivity contribution is 0.0730. The third-order valence-corrected chi connectivity index (χ3v) is 8.01. The van der Waals surface area contributed by atoms with Crippen LogP contribution in [0.2, 0.25) is 0 Å². The minimum absolute atomic E-state index is 0.0265. The van der Waals surface area contributed by atoms with Gasteiger partial charge in [0.1, 0.15) is 11.5 Å². The fourth-order valence-corrected chi connectivity index (χ4v) is 5.44. The van der Waals surface area contributed by atoms with E-state index >= 15 is 0 Å². The summed E-state index contributed by atoms with van der Waals surface area (Å²) < 4.78 is 43.7. The van der Waals surface area contributed by atoms with Gasteiger partial charge < -0.3 is 24.8 Å². The van der Waals surface area contributed by atoms with Crippen LogP contribution in [0.4, 0.5) is 11.4 Å². The van der Waals surface area contributed by atoms with Crippen LogP contribution < -0.4 is 20.1 Å². The largest absolute Gasteiger partial charge is 0.494 e. The van der Waals surface area contributed by atoms with Crippen LogP contribution in [0, 0.1) is 6.92 Å². The van der Waals surface area contributed by atoms with Gasteiger partial charge in [0.15, 0.2) is 0 Å². The molecular formula is C27H29N3O7S. The van der Waals surface area contributed by atoms with Gasteiger partial charge in [0.25, 0.3) is 11.8 Å². The summed E-state index contributed by atoms with van der Waals surface area (Å²) in [4.78, 5) is 26.0. The minimum atomic E-state index is -3.78. The average molecular weight is 540 g/mol. The summed E-state index contributed by atoms with van der Waals surface area (Å²) >= 11 is 0. The highest BCUT2D eigenvalue weighted by atomic mass is 32.2. The molecule has 38 heavy (non-hydrogen) atoms. The molecule has 2 N–H and O–H groups in total. The Balaban J connectivity index is 1.60. The molecule has 1 aliphatic heterocycles. The van der Waals surface area contributed by atoms with Crippen LogP contribution in [0.15, 0.2) is 65.6 Å². The molecule has 2 amide bonds. The number of hydrogen-bond acceptors (Lipinski definition) is 7. The molecule has 0 spiro atoms. The van der Waals surface area contributed by atoms with Gasteiger partial charge >= 0.3 is 0 Å². The number of nitrogens with zero attached hydrogens (tertiary/aromatic N) is 1. The van der Waals surface area contributed by atoms with Crippen molar-refractivity contribution in [3.63, 3.8) is 0 Å². The van der Waals surface area contributed by atoms with Crippen molar-refractivity contribution < 1.29 is 32.2 Å². The second kappa shape index (κ2) is 11.6. The molecule has 0 atom stereocenters. The molecule has 1 fully saturated rings. The van der Waals surface area contributed by atoms with Crippen molar-refractivity contribution in [1.82, 2.24) is 4.31 Å². The van der Waals surface area contributed by atoms with Gasteiger partial charge in [0.05, 0.1) is 43.7 Å². The second-order valence-corrected chi connectivity index (χ2v) is 10.5. The number of rotatable bonds is 8. The van der Waals surface area contributed by atoms with Crippen LogP contribution in [0.3, 0.4) is 0 Å². The SMILES string of the molecule is COc1cc(NC(=O)c2cc(S(=O)(=O)N3CCOCC3)ccc2C)c(OC)cc1NC(=O)c1ccccc1. The predicted octanol–water partition coefficient (Wildman–Crippen LogP) is 3.54. The summed E-state index contributed by atoms with van der Waals surface area (Å²) in [6.45, 7) is 2.87. The van der Waals surface area contributed by atoms with Gasteiger partial charge in [-0.3, -0.25) is 9.59 Å². The standard InChI is InChI=1S/C27H29N3O7S/c1-18-9-10-20(38(33,34)30-11-13-37-14-12-30)15-21(18)27(32)29-23-17-24(35-2)22(16-25(23)36-3)28-26(31)19-7-5-4-6-8-19/h4-10,15-17H,11-14H2,1-3H3,(H,28,31)(H,29,32). The Hall–Kier alpha value is -3.93. The zero-order chi connectivity index (χ0) is 27.3. The van der Waals surface area contributed by atoms with Crippen LogP contribution in [-0.2, 0) is 14.8 Å². The molecule has 0 aromatic heterocycles. The van der Waals surface area contributed by atoms with Crippen LogP contribution in [-0.4, -0.2) is 65.1 Å². The zero-order valence-corrected chi connectivity index (χ0v) is 22.1. The number of carbonyl (C=O) groups is 2. The quantitative estimate of drug-likeness (QED) is 0.449. The van der Waals surface area contributed by atoms with Gasteiger partial charge in [-0.05, 0) is 36.8 Å². The molecule has 0 saturated carbocycles. The van der Waals surface area contributed by atoms with Gasteiger partial charge in [0.2, 0.25) is 10.0 Å². The number of anilines is 2. The number of aryl methyl sites for hydroxylation is 1. The molecule has 0 unspecified atom stereocenters. The molecule has 1 saturated heterocycles. The number of methoxy groups -OCH3 is 2. The summed E-state index contributed by atoms with van der Waals surface area (Å²) in [5.74, 6) is -0.289. The fraction of sp³-hybridized carbons (Fsp3) is 0.259. The van der Waals surface area contributed by atoms with E-state index in [0.717, 1.165) is 0 Å². The van der Waals surface area contributed by atoms with E-state index in [0.29, 0.717) is 35.8 Å². The Bertz CT molecular complexity index is 1440. The number of morpholine rings is 1. The molecule has 4 rings (SSSR count). The average Bonchev–Trinajstić information content (AvgIpc) is 2.94. The monoisotopic (exact) mass is 539 g/mol. The molecule has 3 aromatic carbocycles. The highest BCUT2D eigenvalue weighted by molar-refractivity contribution is 7.89. The Kier molecular flexibility index (Phi) is 8.30. The van der Waals surface area contributed by atoms with E-state index in [-0.39, 0.29) is 40.9 Å². The Morgan fingerprint density at radius 1 is 0.842 bits per heavy atom. The summed E-state index contributed by atoms with van der Waals surface area (Å²) in [6, 6.07) is 16.2. The molecule has 0 bridgehead atoms. The summed E-state index contributed by atoms with van der Waals surface area (Å²) in [7, 11) is -0.911. The number of hydrogen-bond donors (Lipinski definition) is 2. The Labute approximate surface area is 221 Å². The molecule has 10 nitrogen and oxygen atoms in total. The van der Waals surface area contributed by atoms with Crippen molar-refractivity contribution >= 4 is 33.2 Å². The van der Waals surface area contributed by atoms with Crippen molar-refractivity contribution in [3.05, 3.63) is 77.4 Å². The van der Waals surface area contributed by atoms with Crippen molar-refractivity contribution in [1.29, 1.82) is 0 Å². The van der Waals surface area contributed by atoms with Gasteiger partial charge in [-0.15, -0.1) is 0 Å². The second-order valence-electron chi connectivity index (χ2n) is 8.52. The van der Waals surface area contributed by atoms with Crippen LogP contribution in [0.25, 0.3) is 0 Å². The van der Waals surface area contributed by atoms with E-state index in [4.69, 9.17) is 14.2 Å². The molecule has 1 heterocycles. The first-order chi connectivity index (χ1) is 18.2. The highest BCUT2D eigenvalue weighted by Gasteiger charge is 2.27. The fourth-order valence-electron chi connectivity index (χ4n) is 4.01. The van der Waals surface area contributed by atoms with E-state index in [9.17, 15) is 18.0 Å². The molecular weight excluding hydrogens is 510 g/mol. The van der Waals surface area contributed by atoms with Crippen molar-refractivity contribution in [2.75, 3.05) is 51.2 Å². The molecule has 3 aromatic rings. The van der Waals surface area contributed by atoms with E-state index < -0.39 is 15.9 Å². The van der Waals surface area contributed by atoms with E-state index in [1.54, 1.807) is 43.3 Å². The summed E-state index contributed by atoms with van der Waals surface area (Å²) in [5.41, 5.74) is 1.90. The highest BCUT2D eigenvalue weighted by Crippen LogP contribution is 2.37. The maximum absolute atomic E-state index is 13.3. The molecule has 200 valence electrons. The third kappa shape index (κ3) is 5.80. The number of benzene rings is 3. The van der Waals surface area contributed by atoms with Gasteiger partial charge in [0, 0.05) is 36.3 Å². The first-order valence-electron chi connectivity index (χ1n) is 11.9. The van der Waals surface area contributed by atoms with Crippen molar-refractivity contribution in [2.45, 2.75) is 11.8 Å². The Morgan fingerprint density at radius 3 is 2.00 bits per heavy atom. The zero-order valence-electron chi connectivity index (χ0n) is 21.3. The number of ether oxygens (including phenoxy) is 3. The van der Waals surface area contributed by atoms with E-state index in [1.807, 2.05) is 6.07 Å². The molecule has 1 aliphatic rings. The summed E-state index contributed by atoms with van der Waals surface area (Å²) in [5, 5.41) is 5.57. The minimum Gasteiger partial charge on any atom is -0.494 e. The smallest absolute Gasteiger partial charge is 0.256 e. The number of sulfonamides is 1. The number of carbonyl (C=O) groups excluding carboxylic acids is 2. The molecule has 0 aliphatic carbocycles. The topological polar surface area (TPSA) is 123 Å². The molecule has 0 radical (unpaired) electrons. The van der Waals surface area contributed by atoms with Crippen LogP contribution >= 0.6 is 0 Å². The lowest BCUT2D eigenvalue weighted by atomic mass is 10.1. The van der Waals surface area contributed by atoms with Gasteiger partial charge in [-0.1, -0.05) is 24.3 Å². The predicted molar refractivity (Wildman–Crippen MR) is 143 cm³/mol.